The largest absolute Gasteiger partial charge is 0.278 e. The molecule has 1 heterocycles. The summed E-state index contributed by atoms with van der Waals surface area (Å²) in [6.07, 6.45) is 0. The predicted molar refractivity (Wildman–Crippen MR) is 66.8 cm³/mol. The van der Waals surface area contributed by atoms with E-state index in [4.69, 9.17) is 0 Å². The molecule has 0 fully saturated rings. The zero-order valence-electron chi connectivity index (χ0n) is 9.97. The molecule has 0 radical (unpaired) electrons. The van der Waals surface area contributed by atoms with Gasteiger partial charge in [-0.25, -0.2) is 0 Å². The van der Waals surface area contributed by atoms with E-state index in [0.717, 1.165) is 5.71 Å². The van der Waals surface area contributed by atoms with Crippen molar-refractivity contribution in [1.29, 1.82) is 0 Å². The van der Waals surface area contributed by atoms with Crippen LogP contribution in [0.2, 0.25) is 0 Å². The highest BCUT2D eigenvalue weighted by atomic mass is 16.6. The van der Waals surface area contributed by atoms with Crippen LogP contribution in [0.4, 0.5) is 5.69 Å². The number of para-hydroxylation sites is 1. The fourth-order valence-corrected chi connectivity index (χ4v) is 1.93. The highest BCUT2D eigenvalue weighted by Gasteiger charge is 2.28. The third-order valence-electron chi connectivity index (χ3n) is 2.53. The molecule has 1 aliphatic heterocycles. The summed E-state index contributed by atoms with van der Waals surface area (Å²) in [4.78, 5) is 19.4. The molecule has 88 valence electrons. The predicted octanol–water partition coefficient (Wildman–Crippen LogP) is 2.59. The minimum Gasteiger partial charge on any atom is -0.259 e. The van der Waals surface area contributed by atoms with Gasteiger partial charge in [-0.05, 0) is 26.8 Å². The van der Waals surface area contributed by atoms with Gasteiger partial charge in [-0.2, -0.15) is 0 Å². The molecule has 0 bridgehead atoms. The van der Waals surface area contributed by atoms with E-state index in [1.807, 2.05) is 20.8 Å². The molecule has 1 aromatic carbocycles. The summed E-state index contributed by atoms with van der Waals surface area (Å²) in [6.45, 7) is 5.57. The Morgan fingerprint density at radius 3 is 2.41 bits per heavy atom. The summed E-state index contributed by atoms with van der Waals surface area (Å²) in [6, 6.07) is 6.60. The van der Waals surface area contributed by atoms with Gasteiger partial charge in [0.25, 0.3) is 5.69 Å². The Kier molecular flexibility index (Phi) is 2.53. The van der Waals surface area contributed by atoms with Gasteiger partial charge >= 0.3 is 0 Å². The molecule has 0 N–H and O–H groups in total. The van der Waals surface area contributed by atoms with E-state index in [1.54, 1.807) is 18.2 Å². The molecule has 0 spiro atoms. The van der Waals surface area contributed by atoms with Gasteiger partial charge in [-0.3, -0.25) is 20.1 Å². The normalized spacial score (nSPS) is 17.6. The molecular weight excluding hydrogens is 218 g/mol. The third-order valence-corrected chi connectivity index (χ3v) is 2.53. The van der Waals surface area contributed by atoms with Crippen LogP contribution in [0.15, 0.2) is 34.3 Å². The second kappa shape index (κ2) is 3.76. The van der Waals surface area contributed by atoms with Crippen LogP contribution in [0, 0.1) is 10.1 Å². The van der Waals surface area contributed by atoms with E-state index < -0.39 is 10.6 Å². The Bertz CT molecular complexity index is 544. The highest BCUT2D eigenvalue weighted by Crippen LogP contribution is 2.26. The maximum Gasteiger partial charge on any atom is 0.278 e. The summed E-state index contributed by atoms with van der Waals surface area (Å²) < 4.78 is 0. The summed E-state index contributed by atoms with van der Waals surface area (Å²) in [7, 11) is 0. The number of hydrogen-bond donors (Lipinski definition) is 0. The van der Waals surface area contributed by atoms with E-state index in [1.165, 1.54) is 6.07 Å². The van der Waals surface area contributed by atoms with Crippen LogP contribution < -0.4 is 0 Å². The average Bonchev–Trinajstić information content (AvgIpc) is 2.52. The van der Waals surface area contributed by atoms with Crippen LogP contribution in [0.25, 0.3) is 0 Å². The summed E-state index contributed by atoms with van der Waals surface area (Å²) in [5.41, 5.74) is 1.43. The molecule has 0 unspecified atom stereocenters. The monoisotopic (exact) mass is 231 g/mol. The number of nitrogens with zero attached hydrogens (tertiary/aromatic N) is 3. The average molecular weight is 231 g/mol. The van der Waals surface area contributed by atoms with Crippen LogP contribution in [-0.2, 0) is 0 Å². The maximum atomic E-state index is 11.0. The van der Waals surface area contributed by atoms with Crippen LogP contribution in [-0.4, -0.2) is 22.0 Å². The fraction of sp³-hybridized carbons (Fsp3) is 0.333. The third kappa shape index (κ3) is 2.08. The summed E-state index contributed by atoms with van der Waals surface area (Å²) >= 11 is 0. The second-order valence-electron chi connectivity index (χ2n) is 4.43. The Balaban J connectivity index is 2.57. The first kappa shape index (κ1) is 11.4. The number of rotatable bonds is 2. The quantitative estimate of drug-likeness (QED) is 0.580. The first-order valence-electron chi connectivity index (χ1n) is 5.31. The molecule has 0 saturated carbocycles. The zero-order valence-corrected chi connectivity index (χ0v) is 9.97. The number of nitro groups is 1. The number of aliphatic imine (C=N–C) groups is 2. The van der Waals surface area contributed by atoms with Crippen molar-refractivity contribution < 1.29 is 4.92 Å². The van der Waals surface area contributed by atoms with Crippen molar-refractivity contribution in [2.45, 2.75) is 26.4 Å². The van der Waals surface area contributed by atoms with Gasteiger partial charge < -0.3 is 0 Å². The fourth-order valence-electron chi connectivity index (χ4n) is 1.93. The van der Waals surface area contributed by atoms with E-state index in [0.29, 0.717) is 11.3 Å². The first-order chi connectivity index (χ1) is 7.91. The molecule has 0 aromatic heterocycles. The van der Waals surface area contributed by atoms with Gasteiger partial charge in [0.1, 0.15) is 5.66 Å². The van der Waals surface area contributed by atoms with Crippen molar-refractivity contribution in [3.05, 3.63) is 39.9 Å². The Morgan fingerprint density at radius 2 is 1.88 bits per heavy atom. The van der Waals surface area contributed by atoms with Crippen molar-refractivity contribution in [2.24, 2.45) is 9.98 Å². The Hall–Kier alpha value is -2.04. The molecular formula is C12H13N3O2. The minimum atomic E-state index is -0.525. The molecule has 1 aliphatic rings. The topological polar surface area (TPSA) is 67.9 Å². The molecule has 5 nitrogen and oxygen atoms in total. The summed E-state index contributed by atoms with van der Waals surface area (Å²) in [5.74, 6) is 0. The Labute approximate surface area is 99.1 Å². The lowest BCUT2D eigenvalue weighted by Crippen LogP contribution is -2.11. The lowest BCUT2D eigenvalue weighted by Gasteiger charge is -2.07. The van der Waals surface area contributed by atoms with Gasteiger partial charge in [-0.1, -0.05) is 12.1 Å². The smallest absolute Gasteiger partial charge is 0.259 e. The SMILES string of the molecule is CC1=NC(C)(C)N=C1c1ccccc1[N+](=O)[O-]. The zero-order chi connectivity index (χ0) is 12.6. The molecule has 0 amide bonds. The van der Waals surface area contributed by atoms with E-state index in [-0.39, 0.29) is 5.69 Å². The standard InChI is InChI=1S/C12H13N3O2/c1-8-11(14-12(2,3)13-8)9-6-4-5-7-10(9)15(16)17/h4-7H,1-3H3. The number of benzene rings is 1. The molecule has 2 rings (SSSR count). The van der Waals surface area contributed by atoms with Gasteiger partial charge in [-0.15, -0.1) is 0 Å². The van der Waals surface area contributed by atoms with Crippen molar-refractivity contribution in [3.8, 4) is 0 Å². The molecule has 0 aliphatic carbocycles. The molecule has 1 aromatic rings. The van der Waals surface area contributed by atoms with Crippen molar-refractivity contribution in [1.82, 2.24) is 0 Å². The first-order valence-corrected chi connectivity index (χ1v) is 5.31. The number of nitro benzene ring substituents is 1. The van der Waals surface area contributed by atoms with Crippen molar-refractivity contribution in [3.63, 3.8) is 0 Å². The van der Waals surface area contributed by atoms with Gasteiger partial charge in [0.15, 0.2) is 0 Å². The molecule has 0 atom stereocenters. The minimum absolute atomic E-state index is 0.0681. The van der Waals surface area contributed by atoms with E-state index in [2.05, 4.69) is 9.98 Å². The Morgan fingerprint density at radius 1 is 1.24 bits per heavy atom. The molecule has 17 heavy (non-hydrogen) atoms. The maximum absolute atomic E-state index is 11.0. The summed E-state index contributed by atoms with van der Waals surface area (Å²) in [5, 5.41) is 11.0. The molecule has 0 saturated heterocycles. The lowest BCUT2D eigenvalue weighted by atomic mass is 10.1. The van der Waals surface area contributed by atoms with Crippen LogP contribution >= 0.6 is 0 Å². The second-order valence-corrected chi connectivity index (χ2v) is 4.43. The van der Waals surface area contributed by atoms with Gasteiger partial charge in [0.05, 0.1) is 21.9 Å². The van der Waals surface area contributed by atoms with Crippen LogP contribution in [0.5, 0.6) is 0 Å². The van der Waals surface area contributed by atoms with Gasteiger partial charge in [0, 0.05) is 6.07 Å². The van der Waals surface area contributed by atoms with Crippen LogP contribution in [0.1, 0.15) is 26.3 Å². The van der Waals surface area contributed by atoms with E-state index in [9.17, 15) is 10.1 Å². The number of hydrogen-bond acceptors (Lipinski definition) is 4. The highest BCUT2D eigenvalue weighted by molar-refractivity contribution is 6.49. The van der Waals surface area contributed by atoms with Gasteiger partial charge in [0.2, 0.25) is 0 Å². The van der Waals surface area contributed by atoms with Crippen molar-refractivity contribution in [2.75, 3.05) is 0 Å². The van der Waals surface area contributed by atoms with Crippen LogP contribution in [0.3, 0.4) is 0 Å². The molecule has 5 heteroatoms. The van der Waals surface area contributed by atoms with Crippen molar-refractivity contribution >= 4 is 17.1 Å². The lowest BCUT2D eigenvalue weighted by molar-refractivity contribution is -0.385. The van der Waals surface area contributed by atoms with E-state index >= 15 is 0 Å².